The van der Waals surface area contributed by atoms with E-state index in [0.29, 0.717) is 11.6 Å². The molecule has 1 aliphatic heterocycles. The van der Waals surface area contributed by atoms with Gasteiger partial charge in [-0.3, -0.25) is 4.79 Å². The fourth-order valence-corrected chi connectivity index (χ4v) is 2.78. The molecule has 1 aliphatic rings. The van der Waals surface area contributed by atoms with Crippen molar-refractivity contribution in [3.8, 4) is 0 Å². The minimum Gasteiger partial charge on any atom is -0.337 e. The number of hydrogen-bond acceptors (Lipinski definition) is 4. The number of hydrogen-bond donors (Lipinski definition) is 1. The van der Waals surface area contributed by atoms with Crippen LogP contribution < -0.4 is 5.32 Å². The maximum atomic E-state index is 13.3. The summed E-state index contributed by atoms with van der Waals surface area (Å²) in [6.07, 6.45) is 3.57. The number of anilines is 2. The first-order valence-electron chi connectivity index (χ1n) is 7.87. The quantitative estimate of drug-likeness (QED) is 0.936. The van der Waals surface area contributed by atoms with Crippen molar-refractivity contribution in [1.82, 2.24) is 14.9 Å². The highest BCUT2D eigenvalue weighted by Crippen LogP contribution is 2.19. The first-order chi connectivity index (χ1) is 11.5. The van der Waals surface area contributed by atoms with Crippen LogP contribution in [0, 0.1) is 17.6 Å². The van der Waals surface area contributed by atoms with E-state index in [2.05, 4.69) is 22.2 Å². The summed E-state index contributed by atoms with van der Waals surface area (Å²) in [5.74, 6) is -1.39. The van der Waals surface area contributed by atoms with Crippen molar-refractivity contribution < 1.29 is 13.6 Å². The minimum atomic E-state index is -0.963. The van der Waals surface area contributed by atoms with Gasteiger partial charge in [0.1, 0.15) is 5.69 Å². The van der Waals surface area contributed by atoms with Gasteiger partial charge in [-0.1, -0.05) is 6.92 Å². The van der Waals surface area contributed by atoms with Gasteiger partial charge in [-0.15, -0.1) is 0 Å². The molecule has 7 heteroatoms. The molecule has 0 spiro atoms. The van der Waals surface area contributed by atoms with E-state index in [1.54, 1.807) is 11.0 Å². The van der Waals surface area contributed by atoms with Crippen LogP contribution in [0.4, 0.5) is 20.4 Å². The second-order valence-electron chi connectivity index (χ2n) is 6.02. The summed E-state index contributed by atoms with van der Waals surface area (Å²) in [6, 6.07) is 4.96. The Kier molecular flexibility index (Phi) is 4.69. The Morgan fingerprint density at radius 2 is 2.12 bits per heavy atom. The molecule has 1 aromatic heterocycles. The lowest BCUT2D eigenvalue weighted by Gasteiger charge is -2.30. The highest BCUT2D eigenvalue weighted by Gasteiger charge is 2.23. The molecule has 1 aromatic carbocycles. The molecule has 1 fully saturated rings. The van der Waals surface area contributed by atoms with Gasteiger partial charge < -0.3 is 10.2 Å². The maximum absolute atomic E-state index is 13.3. The molecule has 1 atom stereocenters. The first kappa shape index (κ1) is 16.3. The van der Waals surface area contributed by atoms with Gasteiger partial charge >= 0.3 is 0 Å². The van der Waals surface area contributed by atoms with Crippen LogP contribution in [0.25, 0.3) is 0 Å². The van der Waals surface area contributed by atoms with Gasteiger partial charge in [-0.05, 0) is 37.0 Å². The van der Waals surface area contributed by atoms with E-state index < -0.39 is 11.6 Å². The monoisotopic (exact) mass is 332 g/mol. The van der Waals surface area contributed by atoms with E-state index in [-0.39, 0.29) is 17.5 Å². The predicted octanol–water partition coefficient (Wildman–Crippen LogP) is 3.37. The van der Waals surface area contributed by atoms with Crippen molar-refractivity contribution in [3.05, 3.63) is 47.8 Å². The number of likely N-dealkylation sites (tertiary alicyclic amines) is 1. The molecule has 2 aromatic rings. The Balaban J connectivity index is 1.76. The number of carbonyl (C=O) groups excluding carboxylic acids is 1. The molecule has 3 rings (SSSR count). The summed E-state index contributed by atoms with van der Waals surface area (Å²) in [6.45, 7) is 3.56. The summed E-state index contributed by atoms with van der Waals surface area (Å²) in [5.41, 5.74) is 0.592. The second kappa shape index (κ2) is 6.90. The van der Waals surface area contributed by atoms with Crippen LogP contribution in [0.2, 0.25) is 0 Å². The molecule has 1 amide bonds. The van der Waals surface area contributed by atoms with Gasteiger partial charge in [0, 0.05) is 31.0 Å². The molecule has 1 unspecified atom stereocenters. The van der Waals surface area contributed by atoms with Crippen LogP contribution in [0.15, 0.2) is 30.5 Å². The first-order valence-corrected chi connectivity index (χ1v) is 7.87. The second-order valence-corrected chi connectivity index (χ2v) is 6.02. The molecule has 1 saturated heterocycles. The summed E-state index contributed by atoms with van der Waals surface area (Å²) >= 11 is 0. The Bertz CT molecular complexity index is 753. The van der Waals surface area contributed by atoms with E-state index in [1.165, 1.54) is 12.3 Å². The summed E-state index contributed by atoms with van der Waals surface area (Å²) < 4.78 is 26.2. The number of halogens is 2. The van der Waals surface area contributed by atoms with E-state index in [4.69, 9.17) is 0 Å². The third kappa shape index (κ3) is 3.67. The SMILES string of the molecule is CC1CCCN(C(=O)c2ccnc(Nc3ccc(F)c(F)c3)n2)C1. The highest BCUT2D eigenvalue weighted by molar-refractivity contribution is 5.92. The van der Waals surface area contributed by atoms with Gasteiger partial charge in [-0.25, -0.2) is 18.7 Å². The number of piperidine rings is 1. The molecule has 0 radical (unpaired) electrons. The standard InChI is InChI=1S/C17H18F2N4O/c1-11-3-2-8-23(10-11)16(24)15-6-7-20-17(22-15)21-12-4-5-13(18)14(19)9-12/h4-7,9,11H,2-3,8,10H2,1H3,(H,20,21,22). The summed E-state index contributed by atoms with van der Waals surface area (Å²) in [5, 5.41) is 2.78. The Morgan fingerprint density at radius 3 is 2.88 bits per heavy atom. The lowest BCUT2D eigenvalue weighted by Crippen LogP contribution is -2.39. The fraction of sp³-hybridized carbons (Fsp3) is 0.353. The lowest BCUT2D eigenvalue weighted by atomic mass is 10.00. The predicted molar refractivity (Wildman–Crippen MR) is 86.0 cm³/mol. The van der Waals surface area contributed by atoms with Crippen LogP contribution in [0.1, 0.15) is 30.3 Å². The number of amides is 1. The zero-order valence-corrected chi connectivity index (χ0v) is 13.3. The lowest BCUT2D eigenvalue weighted by molar-refractivity contribution is 0.0677. The smallest absolute Gasteiger partial charge is 0.272 e. The van der Waals surface area contributed by atoms with Gasteiger partial charge in [-0.2, -0.15) is 0 Å². The molecule has 2 heterocycles. The number of carbonyl (C=O) groups is 1. The van der Waals surface area contributed by atoms with Crippen molar-refractivity contribution in [3.63, 3.8) is 0 Å². The van der Waals surface area contributed by atoms with E-state index in [9.17, 15) is 13.6 Å². The van der Waals surface area contributed by atoms with Gasteiger partial charge in [0.15, 0.2) is 11.6 Å². The molecule has 0 aliphatic carbocycles. The van der Waals surface area contributed by atoms with Gasteiger partial charge in [0.25, 0.3) is 5.91 Å². The Hall–Kier alpha value is -2.57. The summed E-state index contributed by atoms with van der Waals surface area (Å²) in [4.78, 5) is 22.5. The number of nitrogens with one attached hydrogen (secondary N) is 1. The van der Waals surface area contributed by atoms with Crippen LogP contribution in [-0.2, 0) is 0 Å². The van der Waals surface area contributed by atoms with Crippen molar-refractivity contribution in [2.45, 2.75) is 19.8 Å². The molecule has 126 valence electrons. The van der Waals surface area contributed by atoms with Crippen molar-refractivity contribution in [2.75, 3.05) is 18.4 Å². The van der Waals surface area contributed by atoms with Crippen LogP contribution >= 0.6 is 0 Å². The molecule has 5 nitrogen and oxygen atoms in total. The fourth-order valence-electron chi connectivity index (χ4n) is 2.78. The number of aromatic nitrogens is 2. The zero-order valence-electron chi connectivity index (χ0n) is 13.3. The highest BCUT2D eigenvalue weighted by atomic mass is 19.2. The Morgan fingerprint density at radius 1 is 1.29 bits per heavy atom. The van der Waals surface area contributed by atoms with Crippen LogP contribution in [0.3, 0.4) is 0 Å². The maximum Gasteiger partial charge on any atom is 0.272 e. The molecular weight excluding hydrogens is 314 g/mol. The van der Waals surface area contributed by atoms with Crippen LogP contribution in [-0.4, -0.2) is 33.9 Å². The topological polar surface area (TPSA) is 58.1 Å². The number of nitrogens with zero attached hydrogens (tertiary/aromatic N) is 3. The van der Waals surface area contributed by atoms with E-state index in [1.807, 2.05) is 0 Å². The number of rotatable bonds is 3. The molecular formula is C17H18F2N4O. The van der Waals surface area contributed by atoms with Gasteiger partial charge in [0.2, 0.25) is 5.95 Å². The average molecular weight is 332 g/mol. The molecule has 24 heavy (non-hydrogen) atoms. The number of benzene rings is 1. The minimum absolute atomic E-state index is 0.141. The Labute approximate surface area is 138 Å². The van der Waals surface area contributed by atoms with Crippen molar-refractivity contribution in [2.24, 2.45) is 5.92 Å². The molecule has 0 bridgehead atoms. The van der Waals surface area contributed by atoms with Crippen molar-refractivity contribution >= 4 is 17.5 Å². The zero-order chi connectivity index (χ0) is 17.1. The molecule has 0 saturated carbocycles. The summed E-state index contributed by atoms with van der Waals surface area (Å²) in [7, 11) is 0. The third-order valence-electron chi connectivity index (χ3n) is 3.99. The normalized spacial score (nSPS) is 17.6. The van der Waals surface area contributed by atoms with Crippen molar-refractivity contribution in [1.29, 1.82) is 0 Å². The van der Waals surface area contributed by atoms with Gasteiger partial charge in [0.05, 0.1) is 0 Å². The third-order valence-corrected chi connectivity index (χ3v) is 3.99. The average Bonchev–Trinajstić information content (AvgIpc) is 2.58. The molecule has 1 N–H and O–H groups in total. The van der Waals surface area contributed by atoms with E-state index in [0.717, 1.165) is 38.1 Å². The largest absolute Gasteiger partial charge is 0.337 e. The van der Waals surface area contributed by atoms with Crippen LogP contribution in [0.5, 0.6) is 0 Å². The van der Waals surface area contributed by atoms with E-state index >= 15 is 0 Å².